The first kappa shape index (κ1) is 16.2. The molecule has 0 amide bonds. The van der Waals surface area contributed by atoms with Gasteiger partial charge in [-0.3, -0.25) is 4.99 Å². The highest BCUT2D eigenvalue weighted by molar-refractivity contribution is 6.23. The van der Waals surface area contributed by atoms with Gasteiger partial charge in [0.2, 0.25) is 0 Å². The quantitative estimate of drug-likeness (QED) is 0.616. The Hall–Kier alpha value is -1.90. The summed E-state index contributed by atoms with van der Waals surface area (Å²) in [5.41, 5.74) is 1.81. The lowest BCUT2D eigenvalue weighted by atomic mass is 10.1. The molecule has 0 fully saturated rings. The molecule has 1 atom stereocenters. The number of allylic oxidation sites excluding steroid dienone is 1. The Bertz CT molecular complexity index is 495. The van der Waals surface area contributed by atoms with Gasteiger partial charge < -0.3 is 4.74 Å². The van der Waals surface area contributed by atoms with Gasteiger partial charge in [0.25, 0.3) is 0 Å². The molecular weight excluding hydrogens is 250 g/mol. The fourth-order valence-corrected chi connectivity index (χ4v) is 1.71. The number of ether oxygens (including phenoxy) is 1. The number of carbonyl (C=O) groups excluding carboxylic acids is 1. The number of benzene rings is 1. The molecule has 1 aromatic rings. The van der Waals surface area contributed by atoms with Gasteiger partial charge in [0.15, 0.2) is 0 Å². The van der Waals surface area contributed by atoms with E-state index < -0.39 is 11.6 Å². The van der Waals surface area contributed by atoms with E-state index in [1.54, 1.807) is 0 Å². The maximum atomic E-state index is 11.5. The van der Waals surface area contributed by atoms with Crippen LogP contribution >= 0.6 is 0 Å². The van der Waals surface area contributed by atoms with Crippen LogP contribution in [0.1, 0.15) is 40.2 Å². The number of rotatable bonds is 4. The molecule has 20 heavy (non-hydrogen) atoms. The van der Waals surface area contributed by atoms with Crippen molar-refractivity contribution < 1.29 is 9.53 Å². The Labute approximate surface area is 121 Å². The van der Waals surface area contributed by atoms with Gasteiger partial charge in [0.05, 0.1) is 6.04 Å². The summed E-state index contributed by atoms with van der Waals surface area (Å²) in [6, 6.07) is 10.0. The Morgan fingerprint density at radius 2 is 1.85 bits per heavy atom. The molecule has 0 aliphatic carbocycles. The van der Waals surface area contributed by atoms with Gasteiger partial charge in [-0.15, -0.1) is 0 Å². The van der Waals surface area contributed by atoms with E-state index in [2.05, 4.69) is 17.1 Å². The zero-order valence-electron chi connectivity index (χ0n) is 12.9. The molecule has 0 N–H and O–H groups in total. The molecule has 1 aromatic carbocycles. The van der Waals surface area contributed by atoms with E-state index in [1.807, 2.05) is 58.9 Å². The van der Waals surface area contributed by atoms with Crippen LogP contribution in [0.15, 0.2) is 41.4 Å². The highest BCUT2D eigenvalue weighted by Gasteiger charge is 2.14. The van der Waals surface area contributed by atoms with Gasteiger partial charge in [-0.1, -0.05) is 36.4 Å². The zero-order chi connectivity index (χ0) is 15.2. The fraction of sp³-hybridized carbons (Fsp3) is 0.412. The molecule has 0 bridgehead atoms. The van der Waals surface area contributed by atoms with E-state index in [1.165, 1.54) is 6.21 Å². The van der Waals surface area contributed by atoms with Crippen molar-refractivity contribution >= 4 is 17.8 Å². The highest BCUT2D eigenvalue weighted by Crippen LogP contribution is 2.14. The minimum Gasteiger partial charge on any atom is -0.456 e. The highest BCUT2D eigenvalue weighted by atomic mass is 16.6. The zero-order valence-corrected chi connectivity index (χ0v) is 12.9. The Kier molecular flexibility index (Phi) is 5.68. The van der Waals surface area contributed by atoms with Crippen molar-refractivity contribution in [2.75, 3.05) is 0 Å². The molecule has 1 unspecified atom stereocenters. The van der Waals surface area contributed by atoms with Gasteiger partial charge in [-0.25, -0.2) is 4.79 Å². The van der Waals surface area contributed by atoms with Crippen LogP contribution in [0.3, 0.4) is 0 Å². The molecule has 0 heterocycles. The van der Waals surface area contributed by atoms with Crippen molar-refractivity contribution in [3.63, 3.8) is 0 Å². The Balaban J connectivity index is 2.63. The van der Waals surface area contributed by atoms with Crippen molar-refractivity contribution in [3.05, 3.63) is 42.0 Å². The van der Waals surface area contributed by atoms with Crippen molar-refractivity contribution in [3.8, 4) is 0 Å². The number of carbonyl (C=O) groups is 1. The predicted molar refractivity (Wildman–Crippen MR) is 83.9 cm³/mol. The van der Waals surface area contributed by atoms with Gasteiger partial charge >= 0.3 is 5.97 Å². The van der Waals surface area contributed by atoms with E-state index in [0.29, 0.717) is 0 Å². The van der Waals surface area contributed by atoms with Crippen LogP contribution in [0.4, 0.5) is 0 Å². The lowest BCUT2D eigenvalue weighted by Crippen LogP contribution is -2.24. The molecule has 0 aliphatic rings. The van der Waals surface area contributed by atoms with E-state index >= 15 is 0 Å². The molecule has 0 aromatic heterocycles. The van der Waals surface area contributed by atoms with Crippen molar-refractivity contribution in [1.82, 2.24) is 0 Å². The molecule has 3 heteroatoms. The van der Waals surface area contributed by atoms with Crippen molar-refractivity contribution in [2.24, 2.45) is 4.99 Å². The molecule has 1 rings (SSSR count). The fourth-order valence-electron chi connectivity index (χ4n) is 1.71. The van der Waals surface area contributed by atoms with Crippen LogP contribution in [-0.2, 0) is 9.53 Å². The summed E-state index contributed by atoms with van der Waals surface area (Å²) < 4.78 is 5.17. The smallest absolute Gasteiger partial charge is 0.349 e. The van der Waals surface area contributed by atoms with Gasteiger partial charge in [0, 0.05) is 0 Å². The van der Waals surface area contributed by atoms with Crippen molar-refractivity contribution in [1.29, 1.82) is 0 Å². The molecule has 0 radical (unpaired) electrons. The summed E-state index contributed by atoms with van der Waals surface area (Å²) in [5, 5.41) is 0. The lowest BCUT2D eigenvalue weighted by Gasteiger charge is -2.17. The van der Waals surface area contributed by atoms with E-state index in [0.717, 1.165) is 11.1 Å². The summed E-state index contributed by atoms with van der Waals surface area (Å²) in [4.78, 5) is 15.7. The van der Waals surface area contributed by atoms with E-state index in [4.69, 9.17) is 4.74 Å². The van der Waals surface area contributed by atoms with Gasteiger partial charge in [-0.2, -0.15) is 0 Å². The number of aliphatic imine (C=N–C) groups is 1. The topological polar surface area (TPSA) is 38.7 Å². The summed E-state index contributed by atoms with van der Waals surface area (Å²) >= 11 is 0. The largest absolute Gasteiger partial charge is 0.456 e. The minimum absolute atomic E-state index is 0.0669. The number of nitrogens with zero attached hydrogens (tertiary/aromatic N) is 1. The molecule has 0 saturated heterocycles. The molecular formula is C17H23NO2. The SMILES string of the molecule is C/C(=C\C(C)N=CC(=O)OC(C)(C)C)c1ccccc1. The van der Waals surface area contributed by atoms with Gasteiger partial charge in [0.1, 0.15) is 11.8 Å². The number of hydrogen-bond donors (Lipinski definition) is 0. The number of hydrogen-bond acceptors (Lipinski definition) is 3. The third-order valence-electron chi connectivity index (χ3n) is 2.54. The van der Waals surface area contributed by atoms with E-state index in [9.17, 15) is 4.79 Å². The predicted octanol–water partition coefficient (Wildman–Crippen LogP) is 3.89. The third kappa shape index (κ3) is 6.32. The Morgan fingerprint density at radius 1 is 1.25 bits per heavy atom. The second kappa shape index (κ2) is 7.04. The second-order valence-electron chi connectivity index (χ2n) is 5.77. The lowest BCUT2D eigenvalue weighted by molar-refractivity contribution is -0.145. The van der Waals surface area contributed by atoms with Crippen LogP contribution in [0.2, 0.25) is 0 Å². The van der Waals surface area contributed by atoms with Crippen LogP contribution in [0.25, 0.3) is 5.57 Å². The maximum Gasteiger partial charge on any atom is 0.349 e. The monoisotopic (exact) mass is 273 g/mol. The molecule has 0 saturated carbocycles. The maximum absolute atomic E-state index is 11.5. The number of esters is 1. The molecule has 3 nitrogen and oxygen atoms in total. The first-order valence-electron chi connectivity index (χ1n) is 6.78. The summed E-state index contributed by atoms with van der Waals surface area (Å²) in [6.07, 6.45) is 3.28. The molecule has 108 valence electrons. The van der Waals surface area contributed by atoms with E-state index in [-0.39, 0.29) is 6.04 Å². The summed E-state index contributed by atoms with van der Waals surface area (Å²) in [6.45, 7) is 9.48. The first-order valence-corrected chi connectivity index (χ1v) is 6.78. The second-order valence-corrected chi connectivity index (χ2v) is 5.77. The molecule has 0 aliphatic heterocycles. The van der Waals surface area contributed by atoms with Crippen molar-refractivity contribution in [2.45, 2.75) is 46.3 Å². The first-order chi connectivity index (χ1) is 9.28. The average Bonchev–Trinajstić information content (AvgIpc) is 2.35. The van der Waals surface area contributed by atoms with Gasteiger partial charge in [-0.05, 0) is 45.8 Å². The summed E-state index contributed by atoms with van der Waals surface area (Å²) in [7, 11) is 0. The summed E-state index contributed by atoms with van der Waals surface area (Å²) in [5.74, 6) is -0.407. The third-order valence-corrected chi connectivity index (χ3v) is 2.54. The standard InChI is InChI=1S/C17H23NO2/c1-13(15-9-7-6-8-10-15)11-14(2)18-12-16(19)20-17(3,4)5/h6-12,14H,1-5H3/b13-11+,18-12?. The minimum atomic E-state index is -0.484. The van der Waals surface area contributed by atoms with Crippen LogP contribution < -0.4 is 0 Å². The molecule has 0 spiro atoms. The van der Waals surface area contributed by atoms with Crippen LogP contribution in [0.5, 0.6) is 0 Å². The van der Waals surface area contributed by atoms with Crippen LogP contribution in [0, 0.1) is 0 Å². The normalized spacial score (nSPS) is 14.3. The Morgan fingerprint density at radius 3 is 2.40 bits per heavy atom. The van der Waals surface area contributed by atoms with Crippen LogP contribution in [-0.4, -0.2) is 23.8 Å². The average molecular weight is 273 g/mol.